The molecule has 20 heavy (non-hydrogen) atoms. The van der Waals surface area contributed by atoms with Crippen molar-refractivity contribution in [2.45, 2.75) is 25.0 Å². The van der Waals surface area contributed by atoms with Crippen molar-refractivity contribution in [3.63, 3.8) is 0 Å². The number of fused-ring (bicyclic) bond motifs is 3. The molecule has 3 N–H and O–H groups in total. The molecular formula is C14H14F2N2O2. The van der Waals surface area contributed by atoms with Crippen molar-refractivity contribution in [2.24, 2.45) is 0 Å². The van der Waals surface area contributed by atoms with Gasteiger partial charge in [0.15, 0.2) is 11.6 Å². The lowest BCUT2D eigenvalue weighted by molar-refractivity contribution is 0.143. The van der Waals surface area contributed by atoms with Gasteiger partial charge in [-0.05, 0) is 43.0 Å². The number of rotatable bonds is 1. The van der Waals surface area contributed by atoms with Crippen LogP contribution in [0.4, 0.5) is 8.78 Å². The van der Waals surface area contributed by atoms with Gasteiger partial charge in [0.2, 0.25) is 0 Å². The largest absolute Gasteiger partial charge is 0.387 e. The highest BCUT2D eigenvalue weighted by Crippen LogP contribution is 2.38. The monoisotopic (exact) mass is 280 g/mol. The molecule has 1 aliphatic carbocycles. The number of hydrogen-bond donors (Lipinski definition) is 3. The van der Waals surface area contributed by atoms with Gasteiger partial charge in [-0.25, -0.2) is 8.78 Å². The molecule has 1 aromatic heterocycles. The van der Waals surface area contributed by atoms with Crippen molar-refractivity contribution < 1.29 is 13.9 Å². The van der Waals surface area contributed by atoms with Crippen molar-refractivity contribution >= 4 is 10.8 Å². The third-order valence-electron chi connectivity index (χ3n) is 3.89. The predicted molar refractivity (Wildman–Crippen MR) is 70.5 cm³/mol. The minimum atomic E-state index is -1.06. The maximum Gasteiger partial charge on any atom is 0.256 e. The zero-order chi connectivity index (χ0) is 14.4. The van der Waals surface area contributed by atoms with Gasteiger partial charge in [-0.3, -0.25) is 4.79 Å². The van der Waals surface area contributed by atoms with Crippen LogP contribution in [-0.4, -0.2) is 17.1 Å². The third kappa shape index (κ3) is 1.83. The van der Waals surface area contributed by atoms with Crippen LogP contribution in [0.15, 0.2) is 16.9 Å². The summed E-state index contributed by atoms with van der Waals surface area (Å²) in [4.78, 5) is 14.6. The Balaban J connectivity index is 2.43. The molecule has 2 unspecified atom stereocenters. The lowest BCUT2D eigenvalue weighted by atomic mass is 9.86. The van der Waals surface area contributed by atoms with Gasteiger partial charge in [0.05, 0.1) is 17.2 Å². The van der Waals surface area contributed by atoms with Crippen LogP contribution in [0, 0.1) is 11.6 Å². The Kier molecular flexibility index (Phi) is 3.07. The molecule has 2 aromatic rings. The predicted octanol–water partition coefficient (Wildman–Crippen LogP) is 1.89. The van der Waals surface area contributed by atoms with E-state index in [4.69, 9.17) is 0 Å². The minimum absolute atomic E-state index is 0.0944. The van der Waals surface area contributed by atoms with Gasteiger partial charge < -0.3 is 15.4 Å². The van der Waals surface area contributed by atoms with Crippen LogP contribution in [0.2, 0.25) is 0 Å². The molecular weight excluding hydrogens is 266 g/mol. The number of halogens is 2. The fourth-order valence-corrected chi connectivity index (χ4v) is 2.90. The standard InChI is InChI=1S/C14H14F2N2O2/c1-17-10-2-3-11(19)13-12(10)6-4-8(15)9(16)5-7(6)14(20)18-13/h4-5,10-11,17,19H,2-3H2,1H3,(H,18,20). The first-order valence-corrected chi connectivity index (χ1v) is 6.43. The molecule has 0 saturated carbocycles. The van der Waals surface area contributed by atoms with E-state index in [1.807, 2.05) is 0 Å². The second kappa shape index (κ2) is 4.64. The number of pyridine rings is 1. The molecule has 0 fully saturated rings. The minimum Gasteiger partial charge on any atom is -0.387 e. The maximum absolute atomic E-state index is 13.5. The number of aliphatic hydroxyl groups excluding tert-OH is 1. The fraction of sp³-hybridized carbons (Fsp3) is 0.357. The molecule has 1 aromatic carbocycles. The molecule has 3 rings (SSSR count). The smallest absolute Gasteiger partial charge is 0.256 e. The number of nitrogens with one attached hydrogen (secondary N) is 2. The zero-order valence-electron chi connectivity index (χ0n) is 10.8. The first kappa shape index (κ1) is 13.2. The third-order valence-corrected chi connectivity index (χ3v) is 3.89. The molecule has 4 nitrogen and oxygen atoms in total. The van der Waals surface area contributed by atoms with Crippen LogP contribution in [-0.2, 0) is 0 Å². The SMILES string of the molecule is CNC1CCC(O)c2[nH]c(=O)c3cc(F)c(F)cc3c21. The van der Waals surface area contributed by atoms with Crippen LogP contribution in [0.3, 0.4) is 0 Å². The fourth-order valence-electron chi connectivity index (χ4n) is 2.90. The maximum atomic E-state index is 13.5. The summed E-state index contributed by atoms with van der Waals surface area (Å²) in [6, 6.07) is 1.82. The number of aromatic amines is 1. The van der Waals surface area contributed by atoms with Crippen molar-refractivity contribution in [1.82, 2.24) is 10.3 Å². The van der Waals surface area contributed by atoms with Gasteiger partial charge in [0, 0.05) is 6.04 Å². The van der Waals surface area contributed by atoms with E-state index in [0.29, 0.717) is 29.5 Å². The Morgan fingerprint density at radius 1 is 1.25 bits per heavy atom. The van der Waals surface area contributed by atoms with Gasteiger partial charge in [-0.1, -0.05) is 0 Å². The molecule has 0 aliphatic heterocycles. The van der Waals surface area contributed by atoms with E-state index in [1.54, 1.807) is 7.05 Å². The van der Waals surface area contributed by atoms with E-state index >= 15 is 0 Å². The molecule has 1 aliphatic rings. The highest BCUT2D eigenvalue weighted by atomic mass is 19.2. The van der Waals surface area contributed by atoms with Gasteiger partial charge in [0.1, 0.15) is 0 Å². The summed E-state index contributed by atoms with van der Waals surface area (Å²) in [5.74, 6) is -2.06. The number of H-pyrrole nitrogens is 1. The summed E-state index contributed by atoms with van der Waals surface area (Å²) < 4.78 is 26.8. The summed E-state index contributed by atoms with van der Waals surface area (Å²) >= 11 is 0. The van der Waals surface area contributed by atoms with E-state index in [-0.39, 0.29) is 11.4 Å². The first-order valence-electron chi connectivity index (χ1n) is 6.43. The number of aromatic nitrogens is 1. The Labute approximate surface area is 113 Å². The van der Waals surface area contributed by atoms with Gasteiger partial charge in [-0.15, -0.1) is 0 Å². The Morgan fingerprint density at radius 2 is 1.90 bits per heavy atom. The van der Waals surface area contributed by atoms with E-state index < -0.39 is 23.3 Å². The zero-order valence-corrected chi connectivity index (χ0v) is 10.8. The molecule has 0 radical (unpaired) electrons. The second-order valence-corrected chi connectivity index (χ2v) is 5.03. The molecule has 1 heterocycles. The van der Waals surface area contributed by atoms with E-state index in [2.05, 4.69) is 10.3 Å². The van der Waals surface area contributed by atoms with Crippen molar-refractivity contribution in [1.29, 1.82) is 0 Å². The molecule has 2 atom stereocenters. The van der Waals surface area contributed by atoms with E-state index in [9.17, 15) is 18.7 Å². The lowest BCUT2D eigenvalue weighted by Gasteiger charge is -2.29. The van der Waals surface area contributed by atoms with E-state index in [0.717, 1.165) is 12.1 Å². The molecule has 0 bridgehead atoms. The van der Waals surface area contributed by atoms with Gasteiger partial charge in [-0.2, -0.15) is 0 Å². The topological polar surface area (TPSA) is 65.1 Å². The van der Waals surface area contributed by atoms with Crippen molar-refractivity contribution in [2.75, 3.05) is 7.05 Å². The Bertz CT molecular complexity index is 742. The van der Waals surface area contributed by atoms with Gasteiger partial charge >= 0.3 is 0 Å². The molecule has 6 heteroatoms. The van der Waals surface area contributed by atoms with Crippen LogP contribution in [0.1, 0.15) is 36.2 Å². The second-order valence-electron chi connectivity index (χ2n) is 5.03. The number of aliphatic hydroxyl groups is 1. The quantitative estimate of drug-likeness (QED) is 0.747. The van der Waals surface area contributed by atoms with Crippen LogP contribution in [0.5, 0.6) is 0 Å². The summed E-state index contributed by atoms with van der Waals surface area (Å²) in [5.41, 5.74) is 0.507. The average molecular weight is 280 g/mol. The lowest BCUT2D eigenvalue weighted by Crippen LogP contribution is -2.28. The van der Waals surface area contributed by atoms with Crippen molar-refractivity contribution in [3.8, 4) is 0 Å². The summed E-state index contributed by atoms with van der Waals surface area (Å²) in [6.45, 7) is 0. The van der Waals surface area contributed by atoms with Crippen LogP contribution in [0.25, 0.3) is 10.8 Å². The summed E-state index contributed by atoms with van der Waals surface area (Å²) in [6.07, 6.45) is 0.369. The highest BCUT2D eigenvalue weighted by molar-refractivity contribution is 5.86. The number of hydrogen-bond acceptors (Lipinski definition) is 3. The molecule has 0 spiro atoms. The Morgan fingerprint density at radius 3 is 2.55 bits per heavy atom. The van der Waals surface area contributed by atoms with Gasteiger partial charge in [0.25, 0.3) is 5.56 Å². The van der Waals surface area contributed by atoms with Crippen LogP contribution >= 0.6 is 0 Å². The first-order chi connectivity index (χ1) is 9.52. The summed E-state index contributed by atoms with van der Waals surface area (Å²) in [5, 5.41) is 13.5. The highest BCUT2D eigenvalue weighted by Gasteiger charge is 2.29. The van der Waals surface area contributed by atoms with E-state index in [1.165, 1.54) is 0 Å². The van der Waals surface area contributed by atoms with Crippen molar-refractivity contribution in [3.05, 3.63) is 45.4 Å². The molecule has 0 amide bonds. The average Bonchev–Trinajstić information content (AvgIpc) is 2.42. The number of benzene rings is 1. The molecule has 0 saturated heterocycles. The molecule has 106 valence electrons. The Hall–Kier alpha value is -1.79. The van der Waals surface area contributed by atoms with Crippen LogP contribution < -0.4 is 10.9 Å². The normalized spacial score (nSPS) is 22.0. The summed E-state index contributed by atoms with van der Waals surface area (Å²) in [7, 11) is 1.75.